The summed E-state index contributed by atoms with van der Waals surface area (Å²) in [6, 6.07) is 27.5. The second-order valence-electron chi connectivity index (χ2n) is 6.40. The molecule has 26 heavy (non-hydrogen) atoms. The van der Waals surface area contributed by atoms with Gasteiger partial charge in [-0.2, -0.15) is 0 Å². The highest BCUT2D eigenvalue weighted by molar-refractivity contribution is 6.06. The molecule has 3 aromatic carbocycles. The van der Waals surface area contributed by atoms with Crippen LogP contribution in [0.15, 0.2) is 97.5 Å². The highest BCUT2D eigenvalue weighted by Crippen LogP contribution is 2.29. The fourth-order valence-corrected chi connectivity index (χ4v) is 3.41. The molecule has 0 saturated carbocycles. The molecule has 2 heteroatoms. The zero-order valence-corrected chi connectivity index (χ0v) is 14.1. The molecule has 0 bridgehead atoms. The molecule has 0 aliphatic heterocycles. The van der Waals surface area contributed by atoms with Gasteiger partial charge in [0.25, 0.3) is 0 Å². The molecule has 2 nitrogen and oxygen atoms in total. The summed E-state index contributed by atoms with van der Waals surface area (Å²) in [6.07, 6.45) is 5.69. The lowest BCUT2D eigenvalue weighted by molar-refractivity contribution is 1.36. The van der Waals surface area contributed by atoms with E-state index in [1.54, 1.807) is 0 Å². The standard InChI is InChI=1S/C24H16N2/c1-2-4-17(5-3-1)18-6-8-19(9-7-18)21-14-22-23-16-25-13-12-20(23)10-11-24(22)26-15-21/h1-16H. The number of nitrogens with zero attached hydrogens (tertiary/aromatic N) is 2. The van der Waals surface area contributed by atoms with Gasteiger partial charge in [-0.15, -0.1) is 0 Å². The van der Waals surface area contributed by atoms with E-state index in [4.69, 9.17) is 0 Å². The summed E-state index contributed by atoms with van der Waals surface area (Å²) in [7, 11) is 0. The first-order valence-electron chi connectivity index (χ1n) is 8.67. The SMILES string of the molecule is c1ccc(-c2ccc(-c3cnc4ccc5ccncc5c4c3)cc2)cc1. The average molecular weight is 332 g/mol. The van der Waals surface area contributed by atoms with Gasteiger partial charge in [-0.3, -0.25) is 9.97 Å². The van der Waals surface area contributed by atoms with Crippen molar-refractivity contribution in [2.75, 3.05) is 0 Å². The Hall–Kier alpha value is -3.52. The molecular formula is C24H16N2. The van der Waals surface area contributed by atoms with Crippen LogP contribution >= 0.6 is 0 Å². The predicted octanol–water partition coefficient (Wildman–Crippen LogP) is 6.12. The van der Waals surface area contributed by atoms with Gasteiger partial charge in [-0.1, -0.05) is 60.7 Å². The van der Waals surface area contributed by atoms with Gasteiger partial charge in [0.05, 0.1) is 5.52 Å². The molecule has 0 unspecified atom stereocenters. The lowest BCUT2D eigenvalue weighted by Crippen LogP contribution is -1.86. The summed E-state index contributed by atoms with van der Waals surface area (Å²) in [5.41, 5.74) is 5.73. The maximum absolute atomic E-state index is 4.66. The van der Waals surface area contributed by atoms with Gasteiger partial charge in [-0.05, 0) is 40.3 Å². The maximum Gasteiger partial charge on any atom is 0.0709 e. The third kappa shape index (κ3) is 2.52. The second-order valence-corrected chi connectivity index (χ2v) is 6.40. The molecule has 0 aliphatic carbocycles. The Morgan fingerprint density at radius 1 is 0.538 bits per heavy atom. The van der Waals surface area contributed by atoms with Crippen molar-refractivity contribution in [3.63, 3.8) is 0 Å². The minimum atomic E-state index is 0.996. The summed E-state index contributed by atoms with van der Waals surface area (Å²) in [5, 5.41) is 3.46. The van der Waals surface area contributed by atoms with Crippen molar-refractivity contribution in [1.29, 1.82) is 0 Å². The molecule has 0 spiro atoms. The lowest BCUT2D eigenvalue weighted by Gasteiger charge is -2.08. The van der Waals surface area contributed by atoms with Crippen LogP contribution in [0.4, 0.5) is 0 Å². The third-order valence-electron chi connectivity index (χ3n) is 4.81. The minimum absolute atomic E-state index is 0.996. The van der Waals surface area contributed by atoms with E-state index in [9.17, 15) is 0 Å². The van der Waals surface area contributed by atoms with Crippen molar-refractivity contribution in [3.05, 3.63) is 97.5 Å². The largest absolute Gasteiger partial charge is 0.264 e. The molecule has 122 valence electrons. The van der Waals surface area contributed by atoms with E-state index >= 15 is 0 Å². The fraction of sp³-hybridized carbons (Fsp3) is 0. The first-order chi connectivity index (χ1) is 12.9. The summed E-state index contributed by atoms with van der Waals surface area (Å²) < 4.78 is 0. The average Bonchev–Trinajstić information content (AvgIpc) is 2.74. The van der Waals surface area contributed by atoms with E-state index in [1.807, 2.05) is 30.7 Å². The molecule has 0 atom stereocenters. The molecule has 2 aromatic heterocycles. The van der Waals surface area contributed by atoms with Crippen molar-refractivity contribution in [2.24, 2.45) is 0 Å². The van der Waals surface area contributed by atoms with Crippen LogP contribution in [0.2, 0.25) is 0 Å². The van der Waals surface area contributed by atoms with Gasteiger partial charge in [0, 0.05) is 34.9 Å². The second kappa shape index (κ2) is 6.08. The van der Waals surface area contributed by atoms with Crippen LogP contribution < -0.4 is 0 Å². The van der Waals surface area contributed by atoms with E-state index in [-0.39, 0.29) is 0 Å². The topological polar surface area (TPSA) is 25.8 Å². The van der Waals surface area contributed by atoms with Gasteiger partial charge >= 0.3 is 0 Å². The number of aromatic nitrogens is 2. The molecule has 2 heterocycles. The number of benzene rings is 3. The van der Waals surface area contributed by atoms with Crippen molar-refractivity contribution in [2.45, 2.75) is 0 Å². The van der Waals surface area contributed by atoms with E-state index in [0.717, 1.165) is 21.9 Å². The minimum Gasteiger partial charge on any atom is -0.264 e. The van der Waals surface area contributed by atoms with Crippen LogP contribution in [0, 0.1) is 0 Å². The highest BCUT2D eigenvalue weighted by atomic mass is 14.7. The molecule has 0 N–H and O–H groups in total. The van der Waals surface area contributed by atoms with Crippen LogP contribution in [-0.4, -0.2) is 9.97 Å². The van der Waals surface area contributed by atoms with Crippen molar-refractivity contribution < 1.29 is 0 Å². The Balaban J connectivity index is 1.61. The molecular weight excluding hydrogens is 316 g/mol. The lowest BCUT2D eigenvalue weighted by atomic mass is 9.99. The molecule has 0 fully saturated rings. The number of hydrogen-bond donors (Lipinski definition) is 0. The van der Waals surface area contributed by atoms with E-state index in [0.29, 0.717) is 0 Å². The van der Waals surface area contributed by atoms with E-state index < -0.39 is 0 Å². The van der Waals surface area contributed by atoms with Crippen LogP contribution in [0.3, 0.4) is 0 Å². The summed E-state index contributed by atoms with van der Waals surface area (Å²) in [6.45, 7) is 0. The Morgan fingerprint density at radius 2 is 1.27 bits per heavy atom. The van der Waals surface area contributed by atoms with Gasteiger partial charge in [-0.25, -0.2) is 0 Å². The third-order valence-corrected chi connectivity index (χ3v) is 4.81. The predicted molar refractivity (Wildman–Crippen MR) is 108 cm³/mol. The maximum atomic E-state index is 4.66. The van der Waals surface area contributed by atoms with Crippen LogP contribution in [0.5, 0.6) is 0 Å². The van der Waals surface area contributed by atoms with Gasteiger partial charge in [0.1, 0.15) is 0 Å². The normalized spacial score (nSPS) is 11.1. The van der Waals surface area contributed by atoms with Gasteiger partial charge in [0.15, 0.2) is 0 Å². The van der Waals surface area contributed by atoms with Crippen molar-refractivity contribution >= 4 is 21.7 Å². The smallest absolute Gasteiger partial charge is 0.0709 e. The Kier molecular flexibility index (Phi) is 3.46. The van der Waals surface area contributed by atoms with E-state index in [2.05, 4.69) is 76.7 Å². The summed E-state index contributed by atoms with van der Waals surface area (Å²) in [5.74, 6) is 0. The number of hydrogen-bond acceptors (Lipinski definition) is 2. The first-order valence-corrected chi connectivity index (χ1v) is 8.67. The van der Waals surface area contributed by atoms with Crippen LogP contribution in [0.25, 0.3) is 43.9 Å². The number of fused-ring (bicyclic) bond motifs is 3. The summed E-state index contributed by atoms with van der Waals surface area (Å²) in [4.78, 5) is 8.94. The molecule has 0 amide bonds. The monoisotopic (exact) mass is 332 g/mol. The molecule has 0 saturated heterocycles. The highest BCUT2D eigenvalue weighted by Gasteiger charge is 2.05. The van der Waals surface area contributed by atoms with Crippen LogP contribution in [0.1, 0.15) is 0 Å². The van der Waals surface area contributed by atoms with Crippen molar-refractivity contribution in [3.8, 4) is 22.3 Å². The molecule has 5 rings (SSSR count). The van der Waals surface area contributed by atoms with Gasteiger partial charge < -0.3 is 0 Å². The molecule has 0 radical (unpaired) electrons. The zero-order valence-electron chi connectivity index (χ0n) is 14.1. The van der Waals surface area contributed by atoms with Gasteiger partial charge in [0.2, 0.25) is 0 Å². The van der Waals surface area contributed by atoms with E-state index in [1.165, 1.54) is 22.1 Å². The van der Waals surface area contributed by atoms with Crippen LogP contribution in [-0.2, 0) is 0 Å². The molecule has 0 aliphatic rings. The zero-order chi connectivity index (χ0) is 17.3. The quantitative estimate of drug-likeness (QED) is 0.364. The van der Waals surface area contributed by atoms with Crippen molar-refractivity contribution in [1.82, 2.24) is 9.97 Å². The Morgan fingerprint density at radius 3 is 2.08 bits per heavy atom. The number of rotatable bonds is 2. The first kappa shape index (κ1) is 14.8. The fourth-order valence-electron chi connectivity index (χ4n) is 3.41. The summed E-state index contributed by atoms with van der Waals surface area (Å²) >= 11 is 0. The Labute approximate surface area is 151 Å². The number of pyridine rings is 2. The molecule has 5 aromatic rings. The Bertz CT molecular complexity index is 1210.